The van der Waals surface area contributed by atoms with Crippen LogP contribution in [0.15, 0.2) is 0 Å². The minimum Gasteiger partial charge on any atom is -0.481 e. The number of carbonyl (C=O) groups is 2. The van der Waals surface area contributed by atoms with Gasteiger partial charge in [0.05, 0.1) is 6.42 Å². The Morgan fingerprint density at radius 2 is 1.56 bits per heavy atom. The Labute approximate surface area is 90.3 Å². The topological polar surface area (TPSA) is 147 Å². The van der Waals surface area contributed by atoms with Gasteiger partial charge in [0.25, 0.3) is 10.1 Å². The van der Waals surface area contributed by atoms with Crippen molar-refractivity contribution < 1.29 is 42.5 Å². The molecule has 0 aliphatic carbocycles. The average molecular weight is 258 g/mol. The highest BCUT2D eigenvalue weighted by Crippen LogP contribution is 2.04. The lowest BCUT2D eigenvalue weighted by atomic mass is 10.3. The fraction of sp³-hybridized carbons (Fsp3) is 0.667. The Kier molecular flexibility index (Phi) is 5.88. The lowest BCUT2D eigenvalue weighted by Crippen LogP contribution is -2.31. The van der Waals surface area contributed by atoms with Crippen molar-refractivity contribution in [2.24, 2.45) is 0 Å². The van der Waals surface area contributed by atoms with Crippen LogP contribution in [-0.4, -0.2) is 53.6 Å². The third-order valence-electron chi connectivity index (χ3n) is 1.33. The van der Waals surface area contributed by atoms with Gasteiger partial charge in [-0.05, 0) is 0 Å². The summed E-state index contributed by atoms with van der Waals surface area (Å²) in [7, 11) is -4.84. The monoisotopic (exact) mass is 258 g/mol. The number of aliphatic carboxylic acids is 2. The average Bonchev–Trinajstić information content (AvgIpc) is 1.93. The molecule has 1 fully saturated rings. The summed E-state index contributed by atoms with van der Waals surface area (Å²) in [4.78, 5) is 28.4. The van der Waals surface area contributed by atoms with E-state index in [1.165, 1.54) is 0 Å². The van der Waals surface area contributed by atoms with Crippen molar-refractivity contribution >= 4 is 22.1 Å². The van der Waals surface area contributed by atoms with Crippen molar-refractivity contribution in [1.82, 2.24) is 0 Å². The summed E-state index contributed by atoms with van der Waals surface area (Å²) in [6.07, 6.45) is -1.16. The molecule has 10 heteroatoms. The minimum atomic E-state index is -4.84. The summed E-state index contributed by atoms with van der Waals surface area (Å²) in [6.45, 7) is 1.56. The van der Waals surface area contributed by atoms with Gasteiger partial charge in [-0.2, -0.15) is 8.42 Å². The quantitative estimate of drug-likeness (QED) is 0.415. The smallest absolute Gasteiger partial charge is 0.325 e. The molecule has 1 aliphatic rings. The van der Waals surface area contributed by atoms with Crippen LogP contribution in [0.25, 0.3) is 0 Å². The molecule has 0 aromatic heterocycles. The molecule has 1 atom stereocenters. The fourth-order valence-electron chi connectivity index (χ4n) is 0.562. The van der Waals surface area contributed by atoms with E-state index in [1.54, 1.807) is 0 Å². The Hall–Kier alpha value is -1.23. The van der Waals surface area contributed by atoms with Crippen LogP contribution in [0.4, 0.5) is 0 Å². The molecule has 0 spiro atoms. The molecule has 1 unspecified atom stereocenters. The zero-order valence-electron chi connectivity index (χ0n) is 7.90. The number of hydrogen-bond acceptors (Lipinski definition) is 6. The molecule has 3 N–H and O–H groups in total. The van der Waals surface area contributed by atoms with E-state index >= 15 is 0 Å². The van der Waals surface area contributed by atoms with Gasteiger partial charge >= 0.3 is 11.9 Å². The Morgan fingerprint density at radius 3 is 1.62 bits per heavy atom. The van der Waals surface area contributed by atoms with E-state index in [0.29, 0.717) is 0 Å². The second-order valence-corrected chi connectivity index (χ2v) is 4.18. The zero-order chi connectivity index (χ0) is 12.8. The van der Waals surface area contributed by atoms with Gasteiger partial charge in [0, 0.05) is 0 Å². The van der Waals surface area contributed by atoms with Gasteiger partial charge in [-0.1, -0.05) is 0 Å². The van der Waals surface area contributed by atoms with Crippen LogP contribution in [-0.2, 0) is 29.5 Å². The molecule has 1 heterocycles. The SMILES string of the molecule is C1COO1.O=C(O)CC(C(=O)O)S(=O)(=O)O. The Balaban J connectivity index is 0.000000462. The molecule has 1 saturated heterocycles. The normalized spacial score (nSPS) is 16.3. The predicted molar refractivity (Wildman–Crippen MR) is 47.1 cm³/mol. The third kappa shape index (κ3) is 6.29. The second-order valence-electron chi connectivity index (χ2n) is 2.58. The molecule has 0 aromatic rings. The Bertz CT molecular complexity index is 337. The van der Waals surface area contributed by atoms with Crippen molar-refractivity contribution in [3.8, 4) is 0 Å². The zero-order valence-corrected chi connectivity index (χ0v) is 8.71. The second kappa shape index (κ2) is 6.37. The highest BCUT2D eigenvalue weighted by Gasteiger charge is 2.33. The highest BCUT2D eigenvalue weighted by molar-refractivity contribution is 7.87. The van der Waals surface area contributed by atoms with Gasteiger partial charge < -0.3 is 10.2 Å². The highest BCUT2D eigenvalue weighted by atomic mass is 32.2. The van der Waals surface area contributed by atoms with Crippen molar-refractivity contribution in [3.63, 3.8) is 0 Å². The van der Waals surface area contributed by atoms with Crippen LogP contribution in [0.2, 0.25) is 0 Å². The maximum Gasteiger partial charge on any atom is 0.325 e. The summed E-state index contributed by atoms with van der Waals surface area (Å²) in [5, 5.41) is 13.9. The molecule has 16 heavy (non-hydrogen) atoms. The van der Waals surface area contributed by atoms with Crippen LogP contribution < -0.4 is 0 Å². The first-order valence-corrected chi connectivity index (χ1v) is 5.40. The van der Waals surface area contributed by atoms with Crippen LogP contribution in [0.3, 0.4) is 0 Å². The van der Waals surface area contributed by atoms with Gasteiger partial charge in [-0.3, -0.25) is 14.1 Å². The minimum absolute atomic E-state index is 0.778. The van der Waals surface area contributed by atoms with E-state index in [-0.39, 0.29) is 0 Å². The number of carboxylic acid groups (broad SMARTS) is 2. The third-order valence-corrected chi connectivity index (χ3v) is 2.42. The maximum atomic E-state index is 10.2. The largest absolute Gasteiger partial charge is 0.481 e. The first-order valence-electron chi connectivity index (χ1n) is 3.90. The predicted octanol–water partition coefficient (Wildman–Crippen LogP) is -1.25. The lowest BCUT2D eigenvalue weighted by molar-refractivity contribution is -0.382. The van der Waals surface area contributed by atoms with Gasteiger partial charge in [0.2, 0.25) is 0 Å². The molecule has 0 radical (unpaired) electrons. The molecular weight excluding hydrogens is 248 g/mol. The molecular formula is C6H10O9S. The van der Waals surface area contributed by atoms with Crippen LogP contribution in [0, 0.1) is 0 Å². The molecule has 9 nitrogen and oxygen atoms in total. The van der Waals surface area contributed by atoms with Crippen molar-refractivity contribution in [2.75, 3.05) is 13.2 Å². The van der Waals surface area contributed by atoms with Crippen LogP contribution >= 0.6 is 0 Å². The molecule has 0 saturated carbocycles. The molecule has 1 rings (SSSR count). The van der Waals surface area contributed by atoms with Crippen LogP contribution in [0.1, 0.15) is 6.42 Å². The van der Waals surface area contributed by atoms with Crippen molar-refractivity contribution in [1.29, 1.82) is 0 Å². The number of hydrogen-bond donors (Lipinski definition) is 3. The molecule has 0 amide bonds. The molecule has 94 valence electrons. The fourth-order valence-corrected chi connectivity index (χ4v) is 1.17. The van der Waals surface area contributed by atoms with Crippen molar-refractivity contribution in [3.05, 3.63) is 0 Å². The number of carboxylic acids is 2. The molecule has 0 aromatic carbocycles. The summed E-state index contributed by atoms with van der Waals surface area (Å²) >= 11 is 0. The summed E-state index contributed by atoms with van der Waals surface area (Å²) in [5.74, 6) is -3.50. The molecule has 1 aliphatic heterocycles. The number of rotatable bonds is 4. The van der Waals surface area contributed by atoms with Gasteiger partial charge in [-0.15, -0.1) is 0 Å². The first kappa shape index (κ1) is 14.8. The van der Waals surface area contributed by atoms with E-state index in [9.17, 15) is 18.0 Å². The van der Waals surface area contributed by atoms with E-state index in [4.69, 9.17) is 14.8 Å². The van der Waals surface area contributed by atoms with E-state index in [0.717, 1.165) is 13.2 Å². The van der Waals surface area contributed by atoms with E-state index in [2.05, 4.69) is 9.78 Å². The van der Waals surface area contributed by atoms with Gasteiger partial charge in [-0.25, -0.2) is 9.78 Å². The molecule has 0 bridgehead atoms. The summed E-state index contributed by atoms with van der Waals surface area (Å²) in [6, 6.07) is 0. The van der Waals surface area contributed by atoms with Gasteiger partial charge in [0.1, 0.15) is 13.2 Å². The Morgan fingerprint density at radius 1 is 1.19 bits per heavy atom. The summed E-state index contributed by atoms with van der Waals surface area (Å²) in [5.41, 5.74) is 0. The van der Waals surface area contributed by atoms with Crippen LogP contribution in [0.5, 0.6) is 0 Å². The summed E-state index contributed by atoms with van der Waals surface area (Å²) < 4.78 is 28.7. The van der Waals surface area contributed by atoms with Crippen molar-refractivity contribution in [2.45, 2.75) is 11.7 Å². The lowest BCUT2D eigenvalue weighted by Gasteiger charge is -2.08. The standard InChI is InChI=1S/C4H6O7S.C2H4O2/c5-3(6)1-2(4(7)8)12(9,10)11;1-2-4-3-1/h2H,1H2,(H,5,6)(H,7,8)(H,9,10,11);1-2H2. The first-order chi connectivity index (χ1) is 7.25. The van der Waals surface area contributed by atoms with Gasteiger partial charge in [0.15, 0.2) is 5.25 Å². The van der Waals surface area contributed by atoms with E-state index < -0.39 is 33.7 Å². The maximum absolute atomic E-state index is 10.2. The van der Waals surface area contributed by atoms with E-state index in [1.807, 2.05) is 0 Å².